The summed E-state index contributed by atoms with van der Waals surface area (Å²) >= 11 is 6.01. The highest BCUT2D eigenvalue weighted by molar-refractivity contribution is 6.13. The first-order chi connectivity index (χ1) is 5.88. The summed E-state index contributed by atoms with van der Waals surface area (Å²) in [6, 6.07) is 6.29. The van der Waals surface area contributed by atoms with Crippen molar-refractivity contribution in [3.05, 3.63) is 30.1 Å². The molecule has 2 nitrogen and oxygen atoms in total. The van der Waals surface area contributed by atoms with Crippen LogP contribution in [0.5, 0.6) is 0 Å². The second-order valence-corrected chi connectivity index (χ2v) is 3.47. The Kier molecular flexibility index (Phi) is 2.28. The van der Waals surface area contributed by atoms with Crippen LogP contribution in [0, 0.1) is 0 Å². The molecule has 1 aromatic heterocycles. The molecular weight excluding hydrogens is 172 g/mol. The third-order valence-corrected chi connectivity index (χ3v) is 2.62. The SMILES string of the molecule is ClN1CCCC1c1ccccn1. The van der Waals surface area contributed by atoms with Crippen LogP contribution < -0.4 is 0 Å². The van der Waals surface area contributed by atoms with Crippen LogP contribution >= 0.6 is 11.8 Å². The lowest BCUT2D eigenvalue weighted by Crippen LogP contribution is -2.12. The lowest BCUT2D eigenvalue weighted by Gasteiger charge is -2.15. The first kappa shape index (κ1) is 8.02. The van der Waals surface area contributed by atoms with Crippen molar-refractivity contribution in [2.75, 3.05) is 6.54 Å². The molecule has 0 bridgehead atoms. The molecule has 1 unspecified atom stereocenters. The Morgan fingerprint density at radius 3 is 3.00 bits per heavy atom. The third-order valence-electron chi connectivity index (χ3n) is 2.22. The molecule has 12 heavy (non-hydrogen) atoms. The maximum absolute atomic E-state index is 6.01. The van der Waals surface area contributed by atoms with Crippen molar-refractivity contribution in [2.45, 2.75) is 18.9 Å². The quantitative estimate of drug-likeness (QED) is 0.620. The van der Waals surface area contributed by atoms with Crippen molar-refractivity contribution in [2.24, 2.45) is 0 Å². The van der Waals surface area contributed by atoms with E-state index in [0.717, 1.165) is 18.7 Å². The highest BCUT2D eigenvalue weighted by Gasteiger charge is 2.24. The second kappa shape index (κ2) is 3.42. The van der Waals surface area contributed by atoms with Gasteiger partial charge in [-0.05, 0) is 36.8 Å². The van der Waals surface area contributed by atoms with Crippen molar-refractivity contribution in [1.29, 1.82) is 0 Å². The van der Waals surface area contributed by atoms with Gasteiger partial charge in [-0.3, -0.25) is 4.98 Å². The van der Waals surface area contributed by atoms with Crippen LogP contribution in [0.1, 0.15) is 24.6 Å². The maximum Gasteiger partial charge on any atom is 0.0673 e. The molecule has 1 atom stereocenters. The number of pyridine rings is 1. The number of hydrogen-bond donors (Lipinski definition) is 0. The van der Waals surface area contributed by atoms with Crippen LogP contribution in [-0.4, -0.2) is 15.9 Å². The summed E-state index contributed by atoms with van der Waals surface area (Å²) < 4.78 is 1.85. The molecule has 2 rings (SSSR count). The maximum atomic E-state index is 6.01. The molecule has 1 fully saturated rings. The molecule has 0 aromatic carbocycles. The summed E-state index contributed by atoms with van der Waals surface area (Å²) in [4.78, 5) is 4.29. The van der Waals surface area contributed by atoms with Gasteiger partial charge in [-0.25, -0.2) is 4.42 Å². The lowest BCUT2D eigenvalue weighted by molar-refractivity contribution is 0.427. The van der Waals surface area contributed by atoms with Crippen molar-refractivity contribution < 1.29 is 0 Å². The second-order valence-electron chi connectivity index (χ2n) is 3.04. The van der Waals surface area contributed by atoms with Gasteiger partial charge < -0.3 is 0 Å². The predicted molar refractivity (Wildman–Crippen MR) is 48.8 cm³/mol. The topological polar surface area (TPSA) is 16.1 Å². The number of hydrogen-bond acceptors (Lipinski definition) is 2. The molecule has 1 aromatic rings. The van der Waals surface area contributed by atoms with E-state index < -0.39 is 0 Å². The normalized spacial score (nSPS) is 24.6. The minimum atomic E-state index is 0.327. The van der Waals surface area contributed by atoms with E-state index in [9.17, 15) is 0 Å². The predicted octanol–water partition coefficient (Wildman–Crippen LogP) is 2.37. The molecule has 1 aliphatic heterocycles. The molecule has 0 amide bonds. The van der Waals surface area contributed by atoms with Gasteiger partial charge in [0.2, 0.25) is 0 Å². The molecule has 1 aliphatic rings. The fraction of sp³-hybridized carbons (Fsp3) is 0.444. The number of nitrogens with zero attached hydrogens (tertiary/aromatic N) is 2. The zero-order chi connectivity index (χ0) is 8.39. The highest BCUT2D eigenvalue weighted by Crippen LogP contribution is 2.31. The van der Waals surface area contributed by atoms with Gasteiger partial charge in [-0.15, -0.1) is 0 Å². The molecular formula is C9H11ClN2. The van der Waals surface area contributed by atoms with Crippen LogP contribution in [0.2, 0.25) is 0 Å². The van der Waals surface area contributed by atoms with E-state index in [4.69, 9.17) is 11.8 Å². The summed E-state index contributed by atoms with van der Waals surface area (Å²) in [5, 5.41) is 0. The molecule has 1 saturated heterocycles. The third kappa shape index (κ3) is 1.45. The summed E-state index contributed by atoms with van der Waals surface area (Å²) in [6.07, 6.45) is 4.11. The first-order valence-electron chi connectivity index (χ1n) is 4.21. The molecule has 0 spiro atoms. The molecule has 64 valence electrons. The van der Waals surface area contributed by atoms with Gasteiger partial charge in [-0.2, -0.15) is 0 Å². The van der Waals surface area contributed by atoms with Crippen molar-refractivity contribution >= 4 is 11.8 Å². The molecule has 0 saturated carbocycles. The zero-order valence-corrected chi connectivity index (χ0v) is 7.54. The van der Waals surface area contributed by atoms with E-state index in [-0.39, 0.29) is 0 Å². The number of rotatable bonds is 1. The monoisotopic (exact) mass is 182 g/mol. The molecule has 3 heteroatoms. The largest absolute Gasteiger partial charge is 0.260 e. The fourth-order valence-electron chi connectivity index (χ4n) is 1.60. The van der Waals surface area contributed by atoms with Crippen LogP contribution in [0.4, 0.5) is 0 Å². The smallest absolute Gasteiger partial charge is 0.0673 e. The number of aromatic nitrogens is 1. The van der Waals surface area contributed by atoms with E-state index in [1.807, 2.05) is 28.8 Å². The Hall–Kier alpha value is -0.600. The minimum absolute atomic E-state index is 0.327. The van der Waals surface area contributed by atoms with Crippen LogP contribution in [0.25, 0.3) is 0 Å². The summed E-state index contributed by atoms with van der Waals surface area (Å²) in [5.74, 6) is 0. The van der Waals surface area contributed by atoms with Gasteiger partial charge in [0.05, 0.1) is 11.7 Å². The molecule has 0 N–H and O–H groups in total. The zero-order valence-electron chi connectivity index (χ0n) is 6.78. The Morgan fingerprint density at radius 1 is 1.50 bits per heavy atom. The summed E-state index contributed by atoms with van der Waals surface area (Å²) in [7, 11) is 0. The fourth-order valence-corrected chi connectivity index (χ4v) is 1.91. The van der Waals surface area contributed by atoms with Crippen molar-refractivity contribution in [1.82, 2.24) is 9.40 Å². The summed E-state index contributed by atoms with van der Waals surface area (Å²) in [5.41, 5.74) is 1.09. The van der Waals surface area contributed by atoms with E-state index in [0.29, 0.717) is 6.04 Å². The Balaban J connectivity index is 2.19. The first-order valence-corrected chi connectivity index (χ1v) is 4.55. The summed E-state index contributed by atoms with van der Waals surface area (Å²) in [6.45, 7) is 0.975. The molecule has 0 radical (unpaired) electrons. The van der Waals surface area contributed by atoms with Crippen LogP contribution in [0.3, 0.4) is 0 Å². The highest BCUT2D eigenvalue weighted by atomic mass is 35.5. The molecule has 2 heterocycles. The Bertz CT molecular complexity index is 250. The van der Waals surface area contributed by atoms with Crippen molar-refractivity contribution in [3.8, 4) is 0 Å². The lowest BCUT2D eigenvalue weighted by atomic mass is 10.1. The van der Waals surface area contributed by atoms with Crippen molar-refractivity contribution in [3.63, 3.8) is 0 Å². The minimum Gasteiger partial charge on any atom is -0.260 e. The number of halogens is 1. The van der Waals surface area contributed by atoms with Gasteiger partial charge in [0.1, 0.15) is 0 Å². The van der Waals surface area contributed by atoms with Crippen LogP contribution in [0.15, 0.2) is 24.4 Å². The van der Waals surface area contributed by atoms with E-state index in [1.54, 1.807) is 0 Å². The van der Waals surface area contributed by atoms with E-state index >= 15 is 0 Å². The Morgan fingerprint density at radius 2 is 2.42 bits per heavy atom. The average molecular weight is 183 g/mol. The Labute approximate surface area is 77.3 Å². The molecule has 0 aliphatic carbocycles. The van der Waals surface area contributed by atoms with Crippen LogP contribution in [-0.2, 0) is 0 Å². The van der Waals surface area contributed by atoms with Gasteiger partial charge in [0.15, 0.2) is 0 Å². The van der Waals surface area contributed by atoms with Gasteiger partial charge >= 0.3 is 0 Å². The van der Waals surface area contributed by atoms with Gasteiger partial charge in [-0.1, -0.05) is 6.07 Å². The average Bonchev–Trinajstić information content (AvgIpc) is 2.53. The van der Waals surface area contributed by atoms with Gasteiger partial charge in [0, 0.05) is 12.7 Å². The van der Waals surface area contributed by atoms with E-state index in [2.05, 4.69) is 4.98 Å². The standard InChI is InChI=1S/C9H11ClN2/c10-12-7-3-5-9(12)8-4-1-2-6-11-8/h1-2,4,6,9H,3,5,7H2. The van der Waals surface area contributed by atoms with Gasteiger partial charge in [0.25, 0.3) is 0 Å². The van der Waals surface area contributed by atoms with E-state index in [1.165, 1.54) is 6.42 Å².